The molecular weight excluding hydrogens is 420 g/mol. The quantitative estimate of drug-likeness (QED) is 0.419. The van der Waals surface area contributed by atoms with Crippen molar-refractivity contribution < 1.29 is 4.79 Å². The number of nitrogens with one attached hydrogen (secondary N) is 1. The molecule has 1 atom stereocenters. The van der Waals surface area contributed by atoms with Gasteiger partial charge in [0.05, 0.1) is 22.7 Å². The number of carbonyl (C=O) groups excluding carboxylic acids is 1. The van der Waals surface area contributed by atoms with Crippen molar-refractivity contribution in [2.45, 2.75) is 43.4 Å². The van der Waals surface area contributed by atoms with E-state index in [4.69, 9.17) is 4.98 Å². The number of nitrogens with zero attached hydrogens (tertiary/aromatic N) is 3. The molecule has 1 aliphatic rings. The standard InChI is InChI=1S/C25H30N4O2S/c1-28(2)15-8-16-29-24(31)20-12-5-6-13-22(20)27-25(29)32-17-23(30)26-21-14-7-10-18-9-3-4-11-19(18)21/h3-6,9,11-13,21H,7-8,10,14-17H2,1-2H3,(H,26,30)/t21-/m1/s1. The van der Waals surface area contributed by atoms with E-state index < -0.39 is 0 Å². The van der Waals surface area contributed by atoms with Crippen molar-refractivity contribution in [3.05, 3.63) is 70.0 Å². The number of carbonyl (C=O) groups is 1. The summed E-state index contributed by atoms with van der Waals surface area (Å²) in [6.45, 7) is 1.46. The van der Waals surface area contributed by atoms with Crippen molar-refractivity contribution in [3.8, 4) is 0 Å². The largest absolute Gasteiger partial charge is 0.349 e. The second kappa shape index (κ2) is 10.3. The van der Waals surface area contributed by atoms with Crippen LogP contribution in [0.25, 0.3) is 10.9 Å². The van der Waals surface area contributed by atoms with Gasteiger partial charge in [0.2, 0.25) is 5.91 Å². The number of aromatic nitrogens is 2. The van der Waals surface area contributed by atoms with E-state index in [9.17, 15) is 9.59 Å². The van der Waals surface area contributed by atoms with Crippen molar-refractivity contribution in [1.29, 1.82) is 0 Å². The van der Waals surface area contributed by atoms with Crippen molar-refractivity contribution in [1.82, 2.24) is 19.8 Å². The summed E-state index contributed by atoms with van der Waals surface area (Å²) in [4.78, 5) is 32.7. The van der Waals surface area contributed by atoms with Gasteiger partial charge in [0.1, 0.15) is 0 Å². The number of fused-ring (bicyclic) bond motifs is 2. The SMILES string of the molecule is CN(C)CCCn1c(SCC(=O)N[C@@H]2CCCc3ccccc32)nc2ccccc2c1=O. The van der Waals surface area contributed by atoms with E-state index in [2.05, 4.69) is 28.4 Å². The van der Waals surface area contributed by atoms with Crippen LogP contribution in [0.1, 0.15) is 36.4 Å². The maximum absolute atomic E-state index is 13.1. The first-order chi connectivity index (χ1) is 15.5. The number of para-hydroxylation sites is 1. The zero-order valence-electron chi connectivity index (χ0n) is 18.7. The molecule has 32 heavy (non-hydrogen) atoms. The Morgan fingerprint density at radius 1 is 1.19 bits per heavy atom. The molecule has 0 fully saturated rings. The van der Waals surface area contributed by atoms with Crippen molar-refractivity contribution >= 4 is 28.6 Å². The third kappa shape index (κ3) is 5.22. The van der Waals surface area contributed by atoms with E-state index >= 15 is 0 Å². The van der Waals surface area contributed by atoms with Gasteiger partial charge in [-0.05, 0) is 69.6 Å². The van der Waals surface area contributed by atoms with Crippen LogP contribution in [0.5, 0.6) is 0 Å². The van der Waals surface area contributed by atoms with Gasteiger partial charge in [-0.2, -0.15) is 0 Å². The number of amides is 1. The molecule has 1 heterocycles. The zero-order chi connectivity index (χ0) is 22.5. The highest BCUT2D eigenvalue weighted by Crippen LogP contribution is 2.29. The highest BCUT2D eigenvalue weighted by atomic mass is 32.2. The number of benzene rings is 2. The third-order valence-corrected chi connectivity index (χ3v) is 6.83. The van der Waals surface area contributed by atoms with E-state index in [0.29, 0.717) is 22.6 Å². The van der Waals surface area contributed by atoms with Crippen molar-refractivity contribution in [2.24, 2.45) is 0 Å². The normalized spacial score (nSPS) is 15.7. The Balaban J connectivity index is 1.49. The Bertz CT molecular complexity index is 1160. The lowest BCUT2D eigenvalue weighted by molar-refractivity contribution is -0.119. The van der Waals surface area contributed by atoms with Gasteiger partial charge in [-0.25, -0.2) is 4.98 Å². The smallest absolute Gasteiger partial charge is 0.262 e. The Kier molecular flexibility index (Phi) is 7.27. The molecule has 1 aromatic heterocycles. The number of aryl methyl sites for hydroxylation is 1. The summed E-state index contributed by atoms with van der Waals surface area (Å²) < 4.78 is 1.72. The fourth-order valence-corrected chi connectivity index (χ4v) is 5.11. The van der Waals surface area contributed by atoms with Gasteiger partial charge in [-0.3, -0.25) is 14.2 Å². The molecule has 7 heteroatoms. The molecule has 0 spiro atoms. The van der Waals surface area contributed by atoms with E-state index in [1.807, 2.05) is 44.4 Å². The van der Waals surface area contributed by atoms with Crippen LogP contribution < -0.4 is 10.9 Å². The first-order valence-electron chi connectivity index (χ1n) is 11.2. The number of rotatable bonds is 8. The average Bonchev–Trinajstić information content (AvgIpc) is 2.79. The molecule has 1 amide bonds. The Hall–Kier alpha value is -2.64. The summed E-state index contributed by atoms with van der Waals surface area (Å²) in [5, 5.41) is 4.41. The lowest BCUT2D eigenvalue weighted by Gasteiger charge is -2.26. The van der Waals surface area contributed by atoms with Crippen LogP contribution >= 0.6 is 11.8 Å². The molecule has 0 saturated heterocycles. The van der Waals surface area contributed by atoms with Crippen LogP contribution in [0, 0.1) is 0 Å². The monoisotopic (exact) mass is 450 g/mol. The molecule has 3 aromatic rings. The summed E-state index contributed by atoms with van der Waals surface area (Å²) >= 11 is 1.34. The van der Waals surface area contributed by atoms with Gasteiger partial charge in [0.25, 0.3) is 5.56 Å². The molecule has 6 nitrogen and oxygen atoms in total. The van der Waals surface area contributed by atoms with Crippen LogP contribution in [-0.4, -0.2) is 46.8 Å². The molecule has 4 rings (SSSR count). The topological polar surface area (TPSA) is 67.2 Å². The fourth-order valence-electron chi connectivity index (χ4n) is 4.27. The summed E-state index contributed by atoms with van der Waals surface area (Å²) in [5.41, 5.74) is 3.17. The predicted octanol–water partition coefficient (Wildman–Crippen LogP) is 3.63. The van der Waals surface area contributed by atoms with Gasteiger partial charge in [0, 0.05) is 6.54 Å². The molecule has 1 N–H and O–H groups in total. The molecule has 2 aromatic carbocycles. The van der Waals surface area contributed by atoms with Gasteiger partial charge in [0.15, 0.2) is 5.16 Å². The Morgan fingerprint density at radius 2 is 1.97 bits per heavy atom. The lowest BCUT2D eigenvalue weighted by Crippen LogP contribution is -2.32. The second-order valence-electron chi connectivity index (χ2n) is 8.52. The number of thioether (sulfide) groups is 1. The van der Waals surface area contributed by atoms with E-state index in [1.54, 1.807) is 4.57 Å². The molecular formula is C25H30N4O2S. The summed E-state index contributed by atoms with van der Waals surface area (Å²) in [5.74, 6) is 0.205. The van der Waals surface area contributed by atoms with Crippen LogP contribution in [0.3, 0.4) is 0 Å². The second-order valence-corrected chi connectivity index (χ2v) is 9.47. The van der Waals surface area contributed by atoms with Crippen LogP contribution in [-0.2, 0) is 17.8 Å². The average molecular weight is 451 g/mol. The molecule has 1 aliphatic carbocycles. The molecule has 0 bridgehead atoms. The van der Waals surface area contributed by atoms with Gasteiger partial charge < -0.3 is 10.2 Å². The molecule has 0 radical (unpaired) electrons. The molecule has 168 valence electrons. The third-order valence-electron chi connectivity index (χ3n) is 5.85. The minimum absolute atomic E-state index is 0.0287. The zero-order valence-corrected chi connectivity index (χ0v) is 19.5. The summed E-state index contributed by atoms with van der Waals surface area (Å²) in [6.07, 6.45) is 3.94. The van der Waals surface area contributed by atoms with E-state index in [1.165, 1.54) is 22.9 Å². The van der Waals surface area contributed by atoms with Crippen molar-refractivity contribution in [3.63, 3.8) is 0 Å². The number of hydrogen-bond acceptors (Lipinski definition) is 5. The Morgan fingerprint density at radius 3 is 2.81 bits per heavy atom. The first-order valence-corrected chi connectivity index (χ1v) is 12.2. The van der Waals surface area contributed by atoms with Crippen LogP contribution in [0.15, 0.2) is 58.5 Å². The highest BCUT2D eigenvalue weighted by molar-refractivity contribution is 7.99. The van der Waals surface area contributed by atoms with Crippen LogP contribution in [0.2, 0.25) is 0 Å². The Labute approximate surface area is 193 Å². The van der Waals surface area contributed by atoms with Crippen molar-refractivity contribution in [2.75, 3.05) is 26.4 Å². The minimum Gasteiger partial charge on any atom is -0.349 e. The first kappa shape index (κ1) is 22.6. The van der Waals surface area contributed by atoms with E-state index in [-0.39, 0.29) is 23.3 Å². The van der Waals surface area contributed by atoms with Crippen LogP contribution in [0.4, 0.5) is 0 Å². The lowest BCUT2D eigenvalue weighted by atomic mass is 9.88. The fraction of sp³-hybridized carbons (Fsp3) is 0.400. The summed E-state index contributed by atoms with van der Waals surface area (Å²) in [6, 6.07) is 15.8. The highest BCUT2D eigenvalue weighted by Gasteiger charge is 2.22. The molecule has 0 unspecified atom stereocenters. The van der Waals surface area contributed by atoms with Gasteiger partial charge in [-0.15, -0.1) is 0 Å². The minimum atomic E-state index is -0.0431. The van der Waals surface area contributed by atoms with Gasteiger partial charge >= 0.3 is 0 Å². The molecule has 0 saturated carbocycles. The predicted molar refractivity (Wildman–Crippen MR) is 130 cm³/mol. The van der Waals surface area contributed by atoms with E-state index in [0.717, 1.165) is 32.2 Å². The summed E-state index contributed by atoms with van der Waals surface area (Å²) in [7, 11) is 4.04. The maximum Gasteiger partial charge on any atom is 0.262 e. The molecule has 0 aliphatic heterocycles. The maximum atomic E-state index is 13.1. The van der Waals surface area contributed by atoms with Gasteiger partial charge in [-0.1, -0.05) is 48.2 Å². The number of hydrogen-bond donors (Lipinski definition) is 1.